The van der Waals surface area contributed by atoms with E-state index < -0.39 is 49.7 Å². The molecule has 0 unspecified atom stereocenters. The SMILES string of the molecule is COc1c(I)cc(I)c(C(=O)OCCOC(=O)c2ccc(S(=O)(=O)[O-])cc2[N+](=O)[O-])c1I. The summed E-state index contributed by atoms with van der Waals surface area (Å²) in [5, 5.41) is 11.1. The van der Waals surface area contributed by atoms with Crippen molar-refractivity contribution in [2.24, 2.45) is 0 Å². The molecule has 0 radical (unpaired) electrons. The van der Waals surface area contributed by atoms with Gasteiger partial charge in [0.25, 0.3) is 5.69 Å². The number of nitro benzene ring substituents is 1. The third-order valence-corrected chi connectivity index (χ3v) is 7.27. The summed E-state index contributed by atoms with van der Waals surface area (Å²) < 4.78 is 50.4. The molecule has 2 aromatic rings. The van der Waals surface area contributed by atoms with Gasteiger partial charge in [-0.15, -0.1) is 0 Å². The molecule has 0 amide bonds. The van der Waals surface area contributed by atoms with E-state index in [2.05, 4.69) is 22.6 Å². The Morgan fingerprint density at radius 1 is 1.03 bits per heavy atom. The molecule has 0 aliphatic rings. The summed E-state index contributed by atoms with van der Waals surface area (Å²) in [6, 6.07) is 3.79. The molecule has 0 fully saturated rings. The quantitative estimate of drug-likeness (QED) is 0.0967. The van der Waals surface area contributed by atoms with Crippen molar-refractivity contribution in [1.29, 1.82) is 0 Å². The highest BCUT2D eigenvalue weighted by molar-refractivity contribution is 14.1. The second kappa shape index (κ2) is 11.2. The van der Waals surface area contributed by atoms with Crippen molar-refractivity contribution in [3.05, 3.63) is 56.2 Å². The molecule has 32 heavy (non-hydrogen) atoms. The van der Waals surface area contributed by atoms with E-state index in [1.54, 1.807) is 6.07 Å². The summed E-state index contributed by atoms with van der Waals surface area (Å²) in [5.41, 5.74) is -1.18. The lowest BCUT2D eigenvalue weighted by molar-refractivity contribution is -0.385. The number of hydrogen-bond acceptors (Lipinski definition) is 10. The molecule has 0 spiro atoms. The number of halogens is 3. The van der Waals surface area contributed by atoms with Crippen LogP contribution in [-0.4, -0.2) is 50.2 Å². The molecule has 0 heterocycles. The van der Waals surface area contributed by atoms with Crippen molar-refractivity contribution in [1.82, 2.24) is 0 Å². The first-order valence-electron chi connectivity index (χ1n) is 8.18. The van der Waals surface area contributed by atoms with Gasteiger partial charge in [-0.25, -0.2) is 18.0 Å². The molecule has 15 heteroatoms. The maximum atomic E-state index is 12.4. The zero-order chi connectivity index (χ0) is 24.2. The average molecular weight is 802 g/mol. The van der Waals surface area contributed by atoms with Crippen molar-refractivity contribution in [2.45, 2.75) is 4.90 Å². The van der Waals surface area contributed by atoms with Gasteiger partial charge in [-0.05, 0) is 86.0 Å². The zero-order valence-corrected chi connectivity index (χ0v) is 23.1. The first-order valence-corrected chi connectivity index (χ1v) is 12.8. The van der Waals surface area contributed by atoms with E-state index in [4.69, 9.17) is 14.2 Å². The number of benzene rings is 2. The maximum Gasteiger partial charge on any atom is 0.345 e. The molecule has 2 rings (SSSR count). The third-order valence-electron chi connectivity index (χ3n) is 3.76. The summed E-state index contributed by atoms with van der Waals surface area (Å²) in [5.74, 6) is -1.32. The Bertz CT molecular complexity index is 1200. The fourth-order valence-corrected chi connectivity index (χ4v) is 7.10. The van der Waals surface area contributed by atoms with Crippen LogP contribution in [-0.2, 0) is 19.6 Å². The Kier molecular flexibility index (Phi) is 9.43. The average Bonchev–Trinajstić information content (AvgIpc) is 2.69. The summed E-state index contributed by atoms with van der Waals surface area (Å²) in [4.78, 5) is 33.9. The summed E-state index contributed by atoms with van der Waals surface area (Å²) in [6.45, 7) is -0.760. The number of carbonyl (C=O) groups excluding carboxylic acids is 2. The van der Waals surface area contributed by atoms with Crippen LogP contribution < -0.4 is 4.74 Å². The molecule has 0 aliphatic carbocycles. The molecule has 2 aromatic carbocycles. The number of ether oxygens (including phenoxy) is 3. The van der Waals surface area contributed by atoms with E-state index >= 15 is 0 Å². The van der Waals surface area contributed by atoms with E-state index in [1.807, 2.05) is 45.2 Å². The lowest BCUT2D eigenvalue weighted by Crippen LogP contribution is -2.17. The van der Waals surface area contributed by atoms with Crippen LogP contribution in [0, 0.1) is 20.8 Å². The molecule has 0 bridgehead atoms. The van der Waals surface area contributed by atoms with Crippen molar-refractivity contribution < 1.29 is 41.7 Å². The molecule has 11 nitrogen and oxygen atoms in total. The molecular weight excluding hydrogens is 791 g/mol. The largest absolute Gasteiger partial charge is 0.744 e. The van der Waals surface area contributed by atoms with Gasteiger partial charge in [-0.3, -0.25) is 10.1 Å². The van der Waals surface area contributed by atoms with E-state index in [1.165, 1.54) is 7.11 Å². The van der Waals surface area contributed by atoms with Crippen LogP contribution in [0.5, 0.6) is 5.75 Å². The second-order valence-electron chi connectivity index (χ2n) is 5.72. The van der Waals surface area contributed by atoms with Gasteiger partial charge < -0.3 is 18.8 Å². The predicted octanol–water partition coefficient (Wildman–Crippen LogP) is 3.34. The molecule has 0 saturated carbocycles. The Labute approximate surface area is 222 Å². The number of carbonyl (C=O) groups is 2. The monoisotopic (exact) mass is 802 g/mol. The zero-order valence-electron chi connectivity index (χ0n) is 15.8. The molecule has 0 aliphatic heterocycles. The van der Waals surface area contributed by atoms with Crippen LogP contribution >= 0.6 is 67.8 Å². The Morgan fingerprint density at radius 3 is 2.16 bits per heavy atom. The standard InChI is InChI=1S/C17H12I3NO10S/c1-29-15-11(19)7-10(18)13(14(15)20)17(23)31-5-4-30-16(22)9-3-2-8(32(26,27)28)6-12(9)21(24)25/h2-3,6-7H,4-5H2,1H3,(H,26,27,28)/p-1. The minimum Gasteiger partial charge on any atom is -0.744 e. The minimum absolute atomic E-state index is 0.278. The Hall–Kier alpha value is -1.32. The van der Waals surface area contributed by atoms with Crippen LogP contribution in [0.4, 0.5) is 5.69 Å². The highest BCUT2D eigenvalue weighted by Gasteiger charge is 2.24. The van der Waals surface area contributed by atoms with Crippen LogP contribution in [0.15, 0.2) is 29.2 Å². The molecule has 0 atom stereocenters. The van der Waals surface area contributed by atoms with Crippen LogP contribution in [0.1, 0.15) is 20.7 Å². The van der Waals surface area contributed by atoms with Crippen LogP contribution in [0.3, 0.4) is 0 Å². The van der Waals surface area contributed by atoms with Crippen molar-refractivity contribution >= 4 is 95.5 Å². The van der Waals surface area contributed by atoms with Crippen molar-refractivity contribution in [3.63, 3.8) is 0 Å². The van der Waals surface area contributed by atoms with Gasteiger partial charge in [0.1, 0.15) is 34.6 Å². The molecule has 172 valence electrons. The second-order valence-corrected chi connectivity index (χ2v) is 10.5. The Balaban J connectivity index is 2.07. The summed E-state index contributed by atoms with van der Waals surface area (Å²) >= 11 is 6.00. The number of esters is 2. The van der Waals surface area contributed by atoms with Crippen molar-refractivity contribution in [2.75, 3.05) is 20.3 Å². The normalized spacial score (nSPS) is 11.0. The van der Waals surface area contributed by atoms with Gasteiger partial charge in [-0.1, -0.05) is 0 Å². The van der Waals surface area contributed by atoms with E-state index in [0.29, 0.717) is 19.0 Å². The fraction of sp³-hybridized carbons (Fsp3) is 0.176. The first-order chi connectivity index (χ1) is 14.9. The molecule has 0 saturated heterocycles. The number of rotatable bonds is 8. The van der Waals surface area contributed by atoms with Crippen LogP contribution in [0.25, 0.3) is 0 Å². The predicted molar refractivity (Wildman–Crippen MR) is 133 cm³/mol. The highest BCUT2D eigenvalue weighted by Crippen LogP contribution is 2.33. The van der Waals surface area contributed by atoms with Gasteiger partial charge in [0, 0.05) is 9.64 Å². The number of nitrogens with zero attached hydrogens (tertiary/aromatic N) is 1. The van der Waals surface area contributed by atoms with Gasteiger partial charge in [0.05, 0.1) is 29.6 Å². The van der Waals surface area contributed by atoms with E-state index in [-0.39, 0.29) is 12.2 Å². The van der Waals surface area contributed by atoms with Crippen molar-refractivity contribution in [3.8, 4) is 5.75 Å². The summed E-state index contributed by atoms with van der Waals surface area (Å²) in [7, 11) is -3.48. The fourth-order valence-electron chi connectivity index (χ4n) is 2.36. The topological polar surface area (TPSA) is 162 Å². The summed E-state index contributed by atoms with van der Waals surface area (Å²) in [6.07, 6.45) is 0. The van der Waals surface area contributed by atoms with E-state index in [0.717, 1.165) is 15.7 Å². The first kappa shape index (κ1) is 26.9. The van der Waals surface area contributed by atoms with E-state index in [9.17, 15) is 32.7 Å². The van der Waals surface area contributed by atoms with Gasteiger partial charge in [-0.2, -0.15) is 0 Å². The molecular formula is C17H11I3NO10S-. The van der Waals surface area contributed by atoms with Gasteiger partial charge in [0.2, 0.25) is 0 Å². The number of nitro groups is 1. The highest BCUT2D eigenvalue weighted by atomic mass is 127. The maximum absolute atomic E-state index is 12.4. The van der Waals surface area contributed by atoms with Gasteiger partial charge >= 0.3 is 11.9 Å². The number of methoxy groups -OCH3 is 1. The van der Waals surface area contributed by atoms with Crippen LogP contribution in [0.2, 0.25) is 0 Å². The Morgan fingerprint density at radius 2 is 1.62 bits per heavy atom. The molecule has 0 aromatic heterocycles. The smallest absolute Gasteiger partial charge is 0.345 e. The molecule has 0 N–H and O–H groups in total. The lowest BCUT2D eigenvalue weighted by atomic mass is 10.2. The lowest BCUT2D eigenvalue weighted by Gasteiger charge is -2.13. The van der Waals surface area contributed by atoms with Gasteiger partial charge in [0.15, 0.2) is 0 Å². The third kappa shape index (κ3) is 6.38. The number of hydrogen-bond donors (Lipinski definition) is 0. The minimum atomic E-state index is -4.95.